The van der Waals surface area contributed by atoms with E-state index in [4.69, 9.17) is 19.1 Å². The van der Waals surface area contributed by atoms with E-state index in [0.717, 1.165) is 0 Å². The minimum Gasteiger partial charge on any atom is -0.493 e. The van der Waals surface area contributed by atoms with Gasteiger partial charge in [-0.25, -0.2) is 9.18 Å². The van der Waals surface area contributed by atoms with Crippen molar-refractivity contribution in [3.05, 3.63) is 29.5 Å². The Labute approximate surface area is 126 Å². The molecule has 1 heterocycles. The summed E-state index contributed by atoms with van der Waals surface area (Å²) in [7, 11) is 2.85. The van der Waals surface area contributed by atoms with Gasteiger partial charge >= 0.3 is 5.97 Å². The SMILES string of the molecule is COc1cc(-c2cc(C(=O)O)no2)cc(C(C)(C)F)c1OC. The maximum atomic E-state index is 14.4. The Balaban J connectivity index is 2.64. The second-order valence-corrected chi connectivity index (χ2v) is 5.11. The zero-order chi connectivity index (χ0) is 16.5. The molecule has 0 amide bonds. The highest BCUT2D eigenvalue weighted by atomic mass is 19.1. The maximum Gasteiger partial charge on any atom is 0.358 e. The van der Waals surface area contributed by atoms with Gasteiger partial charge in [-0.3, -0.25) is 0 Å². The molecule has 0 aliphatic heterocycles. The number of nitrogens with zero attached hydrogens (tertiary/aromatic N) is 1. The molecule has 0 unspecified atom stereocenters. The summed E-state index contributed by atoms with van der Waals surface area (Å²) in [4.78, 5) is 10.9. The highest BCUT2D eigenvalue weighted by molar-refractivity contribution is 5.86. The molecule has 1 aromatic carbocycles. The average Bonchev–Trinajstić information content (AvgIpc) is 2.94. The van der Waals surface area contributed by atoms with Crippen molar-refractivity contribution in [1.29, 1.82) is 0 Å². The van der Waals surface area contributed by atoms with E-state index in [9.17, 15) is 9.18 Å². The van der Waals surface area contributed by atoms with Crippen LogP contribution < -0.4 is 9.47 Å². The summed E-state index contributed by atoms with van der Waals surface area (Å²) in [5.74, 6) is -0.420. The first-order valence-electron chi connectivity index (χ1n) is 6.43. The largest absolute Gasteiger partial charge is 0.493 e. The summed E-state index contributed by atoms with van der Waals surface area (Å²) in [5, 5.41) is 12.3. The lowest BCUT2D eigenvalue weighted by atomic mass is 9.95. The van der Waals surface area contributed by atoms with Crippen LogP contribution in [0.5, 0.6) is 11.5 Å². The minimum atomic E-state index is -1.69. The molecule has 118 valence electrons. The molecule has 0 atom stereocenters. The fourth-order valence-corrected chi connectivity index (χ4v) is 2.06. The summed E-state index contributed by atoms with van der Waals surface area (Å²) in [5.41, 5.74) is -1.22. The lowest BCUT2D eigenvalue weighted by Gasteiger charge is -2.21. The van der Waals surface area contributed by atoms with Crippen LogP contribution in [-0.4, -0.2) is 30.5 Å². The Morgan fingerprint density at radius 2 is 1.95 bits per heavy atom. The van der Waals surface area contributed by atoms with E-state index in [-0.39, 0.29) is 22.8 Å². The molecule has 0 bridgehead atoms. The van der Waals surface area contributed by atoms with Gasteiger partial charge in [0.05, 0.1) is 14.2 Å². The molecule has 7 heteroatoms. The standard InChI is InChI=1S/C15H16FNO5/c1-15(2,16)9-5-8(6-12(20-3)13(9)21-4)11-7-10(14(18)19)17-22-11/h5-7H,1-4H3,(H,18,19). The van der Waals surface area contributed by atoms with Crippen LogP contribution in [0.25, 0.3) is 11.3 Å². The molecule has 0 radical (unpaired) electrons. The zero-order valence-corrected chi connectivity index (χ0v) is 12.6. The quantitative estimate of drug-likeness (QED) is 0.913. The molecule has 0 fully saturated rings. The summed E-state index contributed by atoms with van der Waals surface area (Å²) in [6.45, 7) is 2.77. The molecule has 22 heavy (non-hydrogen) atoms. The number of carboxylic acids is 1. The fraction of sp³-hybridized carbons (Fsp3) is 0.333. The van der Waals surface area contributed by atoms with E-state index in [2.05, 4.69) is 5.16 Å². The van der Waals surface area contributed by atoms with Crippen molar-refractivity contribution in [1.82, 2.24) is 5.16 Å². The topological polar surface area (TPSA) is 81.8 Å². The van der Waals surface area contributed by atoms with Crippen molar-refractivity contribution in [2.75, 3.05) is 14.2 Å². The van der Waals surface area contributed by atoms with Crippen LogP contribution in [0.15, 0.2) is 22.7 Å². The van der Waals surface area contributed by atoms with Gasteiger partial charge in [0, 0.05) is 17.2 Å². The van der Waals surface area contributed by atoms with Gasteiger partial charge in [-0.1, -0.05) is 5.16 Å². The summed E-state index contributed by atoms with van der Waals surface area (Å²) >= 11 is 0. The number of benzene rings is 1. The molecular formula is C15H16FNO5. The van der Waals surface area contributed by atoms with E-state index in [1.165, 1.54) is 40.2 Å². The molecular weight excluding hydrogens is 293 g/mol. The van der Waals surface area contributed by atoms with Gasteiger partial charge in [-0.05, 0) is 26.0 Å². The van der Waals surface area contributed by atoms with Gasteiger partial charge in [0.2, 0.25) is 0 Å². The van der Waals surface area contributed by atoms with E-state index in [1.54, 1.807) is 6.07 Å². The average molecular weight is 309 g/mol. The maximum absolute atomic E-state index is 14.4. The molecule has 0 aliphatic rings. The van der Waals surface area contributed by atoms with E-state index >= 15 is 0 Å². The van der Waals surface area contributed by atoms with Crippen LogP contribution in [0.4, 0.5) is 4.39 Å². The molecule has 0 saturated heterocycles. The first kappa shape index (κ1) is 15.8. The summed E-state index contributed by atoms with van der Waals surface area (Å²) < 4.78 is 29.9. The number of alkyl halides is 1. The third-order valence-electron chi connectivity index (χ3n) is 3.13. The van der Waals surface area contributed by atoms with Crippen LogP contribution in [-0.2, 0) is 5.67 Å². The highest BCUT2D eigenvalue weighted by Gasteiger charge is 2.28. The molecule has 1 aromatic heterocycles. The van der Waals surface area contributed by atoms with E-state index in [1.807, 2.05) is 0 Å². The zero-order valence-electron chi connectivity index (χ0n) is 12.6. The van der Waals surface area contributed by atoms with Crippen LogP contribution >= 0.6 is 0 Å². The molecule has 1 N–H and O–H groups in total. The van der Waals surface area contributed by atoms with E-state index in [0.29, 0.717) is 11.3 Å². The van der Waals surface area contributed by atoms with Gasteiger partial charge < -0.3 is 19.1 Å². The lowest BCUT2D eigenvalue weighted by molar-refractivity contribution is 0.0686. The number of rotatable bonds is 5. The van der Waals surface area contributed by atoms with Crippen molar-refractivity contribution in [2.24, 2.45) is 0 Å². The van der Waals surface area contributed by atoms with Crippen molar-refractivity contribution in [3.8, 4) is 22.8 Å². The molecule has 0 saturated carbocycles. The molecule has 2 aromatic rings. The van der Waals surface area contributed by atoms with E-state index < -0.39 is 11.6 Å². The van der Waals surface area contributed by atoms with Crippen molar-refractivity contribution in [2.45, 2.75) is 19.5 Å². The predicted molar refractivity (Wildman–Crippen MR) is 76.1 cm³/mol. The second kappa shape index (κ2) is 5.67. The monoisotopic (exact) mass is 309 g/mol. The third-order valence-corrected chi connectivity index (χ3v) is 3.13. The number of hydrogen-bond donors (Lipinski definition) is 1. The number of ether oxygens (including phenoxy) is 2. The Hall–Kier alpha value is -2.57. The smallest absolute Gasteiger partial charge is 0.358 e. The van der Waals surface area contributed by atoms with Gasteiger partial charge in [0.25, 0.3) is 0 Å². The van der Waals surface area contributed by atoms with Crippen LogP contribution in [0, 0.1) is 0 Å². The van der Waals surface area contributed by atoms with Crippen LogP contribution in [0.3, 0.4) is 0 Å². The van der Waals surface area contributed by atoms with Crippen LogP contribution in [0.1, 0.15) is 29.9 Å². The Morgan fingerprint density at radius 3 is 2.41 bits per heavy atom. The minimum absolute atomic E-state index is 0.198. The Bertz CT molecular complexity index is 702. The van der Waals surface area contributed by atoms with Crippen molar-refractivity contribution < 1.29 is 28.3 Å². The number of aromatic carboxylic acids is 1. The molecule has 2 rings (SSSR count). The first-order valence-corrected chi connectivity index (χ1v) is 6.43. The number of carboxylic acid groups (broad SMARTS) is 1. The highest BCUT2D eigenvalue weighted by Crippen LogP contribution is 2.42. The van der Waals surface area contributed by atoms with Gasteiger partial charge in [0.15, 0.2) is 23.0 Å². The normalized spacial score (nSPS) is 11.3. The van der Waals surface area contributed by atoms with Crippen molar-refractivity contribution in [3.63, 3.8) is 0 Å². The molecule has 0 aliphatic carbocycles. The fourth-order valence-electron chi connectivity index (χ4n) is 2.06. The third kappa shape index (κ3) is 2.88. The van der Waals surface area contributed by atoms with Crippen molar-refractivity contribution >= 4 is 5.97 Å². The number of carbonyl (C=O) groups is 1. The van der Waals surface area contributed by atoms with Gasteiger partial charge in [-0.15, -0.1) is 0 Å². The summed E-state index contributed by atoms with van der Waals surface area (Å²) in [6.07, 6.45) is 0. The molecule has 0 spiro atoms. The van der Waals surface area contributed by atoms with Gasteiger partial charge in [-0.2, -0.15) is 0 Å². The number of halogens is 1. The summed E-state index contributed by atoms with van der Waals surface area (Å²) in [6, 6.07) is 4.35. The number of methoxy groups -OCH3 is 2. The second-order valence-electron chi connectivity index (χ2n) is 5.11. The first-order chi connectivity index (χ1) is 10.3. The number of aromatic nitrogens is 1. The van der Waals surface area contributed by atoms with Gasteiger partial charge in [0.1, 0.15) is 5.67 Å². The van der Waals surface area contributed by atoms with Crippen LogP contribution in [0.2, 0.25) is 0 Å². The predicted octanol–water partition coefficient (Wildman–Crippen LogP) is 3.26. The lowest BCUT2D eigenvalue weighted by Crippen LogP contribution is -2.12. The molecule has 6 nitrogen and oxygen atoms in total. The number of hydrogen-bond acceptors (Lipinski definition) is 5. The Morgan fingerprint density at radius 1 is 1.27 bits per heavy atom. The Kier molecular flexibility index (Phi) is 4.07.